The monoisotopic (exact) mass is 315 g/mol. The number of piperazine rings is 1. The topological polar surface area (TPSA) is 57.5 Å². The Morgan fingerprint density at radius 3 is 2.10 bits per heavy atom. The molecule has 0 atom stereocenters. The fraction of sp³-hybridized carbons (Fsp3) is 0.500. The van der Waals surface area contributed by atoms with E-state index in [0.717, 1.165) is 31.7 Å². The largest absolute Gasteiger partial charge is 0.502 e. The van der Waals surface area contributed by atoms with Crippen LogP contribution >= 0.6 is 12.4 Å². The van der Waals surface area contributed by atoms with E-state index in [2.05, 4.69) is 17.0 Å². The van der Waals surface area contributed by atoms with Gasteiger partial charge in [-0.05, 0) is 19.2 Å². The van der Waals surface area contributed by atoms with Crippen LogP contribution < -0.4 is 9.47 Å². The maximum atomic E-state index is 9.85. The van der Waals surface area contributed by atoms with Gasteiger partial charge < -0.3 is 19.5 Å². The van der Waals surface area contributed by atoms with Crippen LogP contribution in [-0.2, 0) is 0 Å². The summed E-state index contributed by atoms with van der Waals surface area (Å²) in [7, 11) is 5.13. The minimum atomic E-state index is 0. The van der Waals surface area contributed by atoms with Crippen molar-refractivity contribution >= 4 is 18.6 Å². The Morgan fingerprint density at radius 1 is 1.10 bits per heavy atom. The molecule has 1 aromatic rings. The summed E-state index contributed by atoms with van der Waals surface area (Å²) in [4.78, 5) is 2.28. The SMILES string of the molecule is COc1cc(C=NN2CCN(C)CC2)cc(OC)c1O.Cl. The molecule has 0 spiro atoms. The summed E-state index contributed by atoms with van der Waals surface area (Å²) in [6.45, 7) is 3.86. The molecule has 6 nitrogen and oxygen atoms in total. The first-order chi connectivity index (χ1) is 9.63. The Bertz CT molecular complexity index is 463. The van der Waals surface area contributed by atoms with Crippen LogP contribution in [0.5, 0.6) is 17.2 Å². The highest BCUT2D eigenvalue weighted by atomic mass is 35.5. The molecule has 1 saturated heterocycles. The average Bonchev–Trinajstić information content (AvgIpc) is 2.47. The number of phenolic OH excluding ortho intramolecular Hbond substituents is 1. The highest BCUT2D eigenvalue weighted by Gasteiger charge is 2.12. The van der Waals surface area contributed by atoms with E-state index in [1.165, 1.54) is 14.2 Å². The lowest BCUT2D eigenvalue weighted by Crippen LogP contribution is -2.41. The molecule has 0 unspecified atom stereocenters. The van der Waals surface area contributed by atoms with Crippen molar-refractivity contribution < 1.29 is 14.6 Å². The third-order valence-corrected chi connectivity index (χ3v) is 3.35. The zero-order chi connectivity index (χ0) is 14.5. The molecule has 7 heteroatoms. The quantitative estimate of drug-likeness (QED) is 0.852. The fourth-order valence-corrected chi connectivity index (χ4v) is 2.05. The summed E-state index contributed by atoms with van der Waals surface area (Å²) < 4.78 is 10.2. The van der Waals surface area contributed by atoms with E-state index in [4.69, 9.17) is 9.47 Å². The molecule has 1 heterocycles. The molecular formula is C14H22ClN3O3. The average molecular weight is 316 g/mol. The fourth-order valence-electron chi connectivity index (χ4n) is 2.05. The first-order valence-electron chi connectivity index (χ1n) is 6.56. The van der Waals surface area contributed by atoms with Crippen molar-refractivity contribution in [2.45, 2.75) is 0 Å². The second kappa shape index (κ2) is 7.95. The Labute approximate surface area is 131 Å². The highest BCUT2D eigenvalue weighted by Crippen LogP contribution is 2.36. The summed E-state index contributed by atoms with van der Waals surface area (Å²) in [5, 5.41) is 16.3. The van der Waals surface area contributed by atoms with Gasteiger partial charge in [-0.3, -0.25) is 5.01 Å². The Kier molecular flexibility index (Phi) is 6.58. The molecule has 118 valence electrons. The first kappa shape index (κ1) is 17.4. The van der Waals surface area contributed by atoms with Crippen LogP contribution in [0.3, 0.4) is 0 Å². The van der Waals surface area contributed by atoms with Crippen LogP contribution in [0.2, 0.25) is 0 Å². The normalized spacial score (nSPS) is 15.9. The minimum Gasteiger partial charge on any atom is -0.502 e. The maximum Gasteiger partial charge on any atom is 0.200 e. The van der Waals surface area contributed by atoms with Gasteiger partial charge in [0.2, 0.25) is 5.75 Å². The van der Waals surface area contributed by atoms with Gasteiger partial charge in [0.05, 0.1) is 20.4 Å². The predicted molar refractivity (Wildman–Crippen MR) is 85.1 cm³/mol. The summed E-state index contributed by atoms with van der Waals surface area (Å²) >= 11 is 0. The zero-order valence-corrected chi connectivity index (χ0v) is 13.4. The summed E-state index contributed by atoms with van der Waals surface area (Å²) in [6.07, 6.45) is 1.76. The van der Waals surface area contributed by atoms with Crippen molar-refractivity contribution in [3.05, 3.63) is 17.7 Å². The number of rotatable bonds is 4. The van der Waals surface area contributed by atoms with Crippen LogP contribution in [-0.4, -0.2) is 68.7 Å². The van der Waals surface area contributed by atoms with E-state index in [9.17, 15) is 5.11 Å². The van der Waals surface area contributed by atoms with Crippen LogP contribution in [0.4, 0.5) is 0 Å². The number of ether oxygens (including phenoxy) is 2. The minimum absolute atomic E-state index is 0. The summed E-state index contributed by atoms with van der Waals surface area (Å²) in [5.74, 6) is 0.764. The Hall–Kier alpha value is -1.66. The van der Waals surface area contributed by atoms with E-state index < -0.39 is 0 Å². The number of hydrazone groups is 1. The number of hydrogen-bond acceptors (Lipinski definition) is 6. The molecule has 1 aromatic carbocycles. The number of hydrogen-bond donors (Lipinski definition) is 1. The summed E-state index contributed by atoms with van der Waals surface area (Å²) in [5.41, 5.74) is 0.829. The second-order valence-corrected chi connectivity index (χ2v) is 4.78. The van der Waals surface area contributed by atoms with E-state index in [0.29, 0.717) is 11.5 Å². The van der Waals surface area contributed by atoms with Gasteiger partial charge >= 0.3 is 0 Å². The van der Waals surface area contributed by atoms with Crippen LogP contribution in [0.1, 0.15) is 5.56 Å². The zero-order valence-electron chi connectivity index (χ0n) is 12.6. The highest BCUT2D eigenvalue weighted by molar-refractivity contribution is 5.85. The Morgan fingerprint density at radius 2 is 1.62 bits per heavy atom. The van der Waals surface area contributed by atoms with Crippen molar-refractivity contribution in [3.8, 4) is 17.2 Å². The van der Waals surface area contributed by atoms with Crippen LogP contribution in [0.25, 0.3) is 0 Å². The van der Waals surface area contributed by atoms with Gasteiger partial charge in [-0.25, -0.2) is 0 Å². The number of aromatic hydroxyl groups is 1. The molecule has 21 heavy (non-hydrogen) atoms. The lowest BCUT2D eigenvalue weighted by atomic mass is 10.2. The van der Waals surface area contributed by atoms with Gasteiger partial charge in [0, 0.05) is 31.7 Å². The molecular weight excluding hydrogens is 294 g/mol. The van der Waals surface area contributed by atoms with Crippen molar-refractivity contribution in [2.75, 3.05) is 47.4 Å². The lowest BCUT2D eigenvalue weighted by molar-refractivity contribution is 0.159. The predicted octanol–water partition coefficient (Wildman–Crippen LogP) is 1.41. The van der Waals surface area contributed by atoms with Crippen LogP contribution in [0.15, 0.2) is 17.2 Å². The number of benzene rings is 1. The standard InChI is InChI=1S/C14H21N3O3.ClH/c1-16-4-6-17(7-5-16)15-10-11-8-12(19-2)14(18)13(9-11)20-3;/h8-10,18H,4-7H2,1-3H3;1H. The lowest BCUT2D eigenvalue weighted by Gasteiger charge is -2.30. The van der Waals surface area contributed by atoms with E-state index in [1.807, 2.05) is 5.01 Å². The molecule has 0 aliphatic carbocycles. The van der Waals surface area contributed by atoms with Crippen molar-refractivity contribution in [1.82, 2.24) is 9.91 Å². The first-order valence-corrected chi connectivity index (χ1v) is 6.56. The van der Waals surface area contributed by atoms with Crippen LogP contribution in [0, 0.1) is 0 Å². The molecule has 0 radical (unpaired) electrons. The number of methoxy groups -OCH3 is 2. The van der Waals surface area contributed by atoms with E-state index in [1.54, 1.807) is 18.3 Å². The summed E-state index contributed by atoms with van der Waals surface area (Å²) in [6, 6.07) is 3.47. The van der Waals surface area contributed by atoms with Crippen molar-refractivity contribution in [3.63, 3.8) is 0 Å². The van der Waals surface area contributed by atoms with Gasteiger partial charge in [0.15, 0.2) is 11.5 Å². The smallest absolute Gasteiger partial charge is 0.200 e. The molecule has 0 amide bonds. The molecule has 0 bridgehead atoms. The molecule has 0 aromatic heterocycles. The van der Waals surface area contributed by atoms with Crippen molar-refractivity contribution in [2.24, 2.45) is 5.10 Å². The maximum absolute atomic E-state index is 9.85. The van der Waals surface area contributed by atoms with Gasteiger partial charge in [-0.15, -0.1) is 12.4 Å². The van der Waals surface area contributed by atoms with Gasteiger partial charge in [0.25, 0.3) is 0 Å². The number of phenols is 1. The number of halogens is 1. The molecule has 1 fully saturated rings. The number of likely N-dealkylation sites (N-methyl/N-ethyl adjacent to an activating group) is 1. The van der Waals surface area contributed by atoms with Gasteiger partial charge in [-0.1, -0.05) is 0 Å². The molecule has 1 N–H and O–H groups in total. The van der Waals surface area contributed by atoms with E-state index >= 15 is 0 Å². The molecule has 1 aliphatic heterocycles. The third-order valence-electron chi connectivity index (χ3n) is 3.35. The van der Waals surface area contributed by atoms with Crippen molar-refractivity contribution in [1.29, 1.82) is 0 Å². The number of nitrogens with zero attached hydrogens (tertiary/aromatic N) is 3. The molecule has 2 rings (SSSR count). The van der Waals surface area contributed by atoms with Gasteiger partial charge in [0.1, 0.15) is 0 Å². The van der Waals surface area contributed by atoms with E-state index in [-0.39, 0.29) is 18.2 Å². The third kappa shape index (κ3) is 4.41. The molecule has 0 saturated carbocycles. The van der Waals surface area contributed by atoms with Gasteiger partial charge in [-0.2, -0.15) is 5.10 Å². The Balaban J connectivity index is 0.00000220. The second-order valence-electron chi connectivity index (χ2n) is 4.78. The molecule has 1 aliphatic rings.